The van der Waals surface area contributed by atoms with E-state index in [1.54, 1.807) is 30.9 Å². The second kappa shape index (κ2) is 7.50. The largest absolute Gasteiger partial charge is 0.494 e. The molecule has 0 spiro atoms. The van der Waals surface area contributed by atoms with Gasteiger partial charge in [0, 0.05) is 18.3 Å². The summed E-state index contributed by atoms with van der Waals surface area (Å²) in [5.41, 5.74) is 2.41. The number of pyridine rings is 1. The first kappa shape index (κ1) is 17.2. The molecule has 130 valence electrons. The molecule has 0 unspecified atom stereocenters. The van der Waals surface area contributed by atoms with Gasteiger partial charge in [-0.1, -0.05) is 6.07 Å². The van der Waals surface area contributed by atoms with Crippen molar-refractivity contribution in [2.75, 3.05) is 6.61 Å². The lowest BCUT2D eigenvalue weighted by Gasteiger charge is -2.08. The molecule has 6 nitrogen and oxygen atoms in total. The molecule has 0 aliphatic rings. The van der Waals surface area contributed by atoms with E-state index in [-0.39, 0.29) is 11.4 Å². The fraction of sp³-hybridized carbons (Fsp3) is 0.167. The van der Waals surface area contributed by atoms with Crippen LogP contribution >= 0.6 is 0 Å². The number of sulfonamides is 1. The number of aromatic nitrogens is 1. The first-order chi connectivity index (χ1) is 12.1. The minimum Gasteiger partial charge on any atom is -0.494 e. The number of hydrogen-bond donors (Lipinski definition) is 1. The minimum atomic E-state index is -3.59. The molecule has 0 fully saturated rings. The average molecular weight is 358 g/mol. The Morgan fingerprint density at radius 3 is 2.52 bits per heavy atom. The number of nitrogens with one attached hydrogen (secondary N) is 1. The van der Waals surface area contributed by atoms with Crippen LogP contribution in [0.2, 0.25) is 0 Å². The quantitative estimate of drug-likeness (QED) is 0.701. The molecule has 0 aliphatic heterocycles. The van der Waals surface area contributed by atoms with Gasteiger partial charge in [0.2, 0.25) is 10.0 Å². The summed E-state index contributed by atoms with van der Waals surface area (Å²) in [4.78, 5) is 4.51. The maximum Gasteiger partial charge on any atom is 0.240 e. The van der Waals surface area contributed by atoms with Crippen molar-refractivity contribution in [3.05, 3.63) is 66.8 Å². The van der Waals surface area contributed by atoms with Crippen molar-refractivity contribution in [3.63, 3.8) is 0 Å². The van der Waals surface area contributed by atoms with Crippen LogP contribution in [0.4, 0.5) is 0 Å². The predicted molar refractivity (Wildman–Crippen MR) is 93.6 cm³/mol. The zero-order valence-electron chi connectivity index (χ0n) is 13.7. The van der Waals surface area contributed by atoms with Gasteiger partial charge in [-0.2, -0.15) is 0 Å². The summed E-state index contributed by atoms with van der Waals surface area (Å²) in [5, 5.41) is 0. The molecular formula is C18H18N2O4S. The van der Waals surface area contributed by atoms with Gasteiger partial charge < -0.3 is 9.15 Å². The highest BCUT2D eigenvalue weighted by molar-refractivity contribution is 7.89. The van der Waals surface area contributed by atoms with E-state index >= 15 is 0 Å². The van der Waals surface area contributed by atoms with E-state index in [2.05, 4.69) is 9.71 Å². The highest BCUT2D eigenvalue weighted by Gasteiger charge is 2.14. The highest BCUT2D eigenvalue weighted by atomic mass is 32.2. The Morgan fingerprint density at radius 1 is 1.12 bits per heavy atom. The Labute approximate surface area is 146 Å². The molecule has 0 atom stereocenters. The zero-order valence-corrected chi connectivity index (χ0v) is 14.5. The Hall–Kier alpha value is -2.64. The molecule has 7 heteroatoms. The Kier molecular flexibility index (Phi) is 5.16. The lowest BCUT2D eigenvalue weighted by atomic mass is 10.2. The normalized spacial score (nSPS) is 11.4. The number of benzene rings is 1. The number of hydrogen-bond acceptors (Lipinski definition) is 5. The smallest absolute Gasteiger partial charge is 0.240 e. The van der Waals surface area contributed by atoms with Gasteiger partial charge in [0.1, 0.15) is 5.75 Å². The van der Waals surface area contributed by atoms with Crippen molar-refractivity contribution in [3.8, 4) is 17.0 Å². The Morgan fingerprint density at radius 2 is 1.92 bits per heavy atom. The molecule has 0 bridgehead atoms. The molecule has 3 aromatic rings. The van der Waals surface area contributed by atoms with Gasteiger partial charge in [0.15, 0.2) is 0 Å². The maximum absolute atomic E-state index is 12.3. The Balaban J connectivity index is 1.65. The first-order valence-corrected chi connectivity index (χ1v) is 9.27. The second-order valence-electron chi connectivity index (χ2n) is 5.29. The van der Waals surface area contributed by atoms with Crippen LogP contribution in [0.5, 0.6) is 5.75 Å². The van der Waals surface area contributed by atoms with Crippen LogP contribution in [0, 0.1) is 0 Å². The predicted octanol–water partition coefficient (Wildman–Crippen LogP) is 3.22. The van der Waals surface area contributed by atoms with Gasteiger partial charge in [-0.15, -0.1) is 0 Å². The molecule has 0 aliphatic carbocycles. The van der Waals surface area contributed by atoms with Crippen molar-refractivity contribution in [2.45, 2.75) is 18.4 Å². The van der Waals surface area contributed by atoms with Crippen LogP contribution in [-0.2, 0) is 16.6 Å². The van der Waals surface area contributed by atoms with Crippen molar-refractivity contribution in [2.24, 2.45) is 0 Å². The molecule has 3 rings (SSSR count). The van der Waals surface area contributed by atoms with Crippen molar-refractivity contribution in [1.29, 1.82) is 0 Å². The summed E-state index contributed by atoms with van der Waals surface area (Å²) in [7, 11) is -3.59. The fourth-order valence-electron chi connectivity index (χ4n) is 2.25. The lowest BCUT2D eigenvalue weighted by Crippen LogP contribution is -2.23. The minimum absolute atomic E-state index is 0.161. The van der Waals surface area contributed by atoms with Crippen LogP contribution in [0.25, 0.3) is 11.3 Å². The van der Waals surface area contributed by atoms with Crippen molar-refractivity contribution >= 4 is 10.0 Å². The highest BCUT2D eigenvalue weighted by Crippen LogP contribution is 2.18. The van der Waals surface area contributed by atoms with E-state index < -0.39 is 10.0 Å². The molecule has 2 heterocycles. The third-order valence-electron chi connectivity index (χ3n) is 3.55. The van der Waals surface area contributed by atoms with E-state index in [4.69, 9.17) is 9.15 Å². The summed E-state index contributed by atoms with van der Waals surface area (Å²) >= 11 is 0. The van der Waals surface area contributed by atoms with E-state index in [0.717, 1.165) is 16.8 Å². The van der Waals surface area contributed by atoms with Crippen molar-refractivity contribution < 1.29 is 17.6 Å². The van der Waals surface area contributed by atoms with Crippen LogP contribution < -0.4 is 9.46 Å². The number of ether oxygens (including phenoxy) is 1. The molecule has 25 heavy (non-hydrogen) atoms. The topological polar surface area (TPSA) is 81.4 Å². The second-order valence-corrected chi connectivity index (χ2v) is 7.06. The van der Waals surface area contributed by atoms with E-state index in [0.29, 0.717) is 12.4 Å². The lowest BCUT2D eigenvalue weighted by molar-refractivity contribution is 0.340. The molecular weight excluding hydrogens is 340 g/mol. The van der Waals surface area contributed by atoms with E-state index in [1.165, 1.54) is 12.1 Å². The number of nitrogens with zero attached hydrogens (tertiary/aromatic N) is 1. The van der Waals surface area contributed by atoms with Crippen molar-refractivity contribution in [1.82, 2.24) is 9.71 Å². The van der Waals surface area contributed by atoms with Crippen LogP contribution in [0.15, 0.2) is 70.5 Å². The van der Waals surface area contributed by atoms with Gasteiger partial charge in [-0.05, 0) is 48.9 Å². The SMILES string of the molecule is CCOc1ccc(S(=O)(=O)NCc2ccc(-c3ccoc3)nc2)cc1. The van der Waals surface area contributed by atoms with Crippen LogP contribution in [0.3, 0.4) is 0 Å². The standard InChI is InChI=1S/C18H18N2O4S/c1-2-24-16-4-6-17(7-5-16)25(21,22)20-12-14-3-8-18(19-11-14)15-9-10-23-13-15/h3-11,13,20H,2,12H2,1H3. The van der Waals surface area contributed by atoms with E-state index in [1.807, 2.05) is 25.1 Å². The van der Waals surface area contributed by atoms with Gasteiger partial charge in [0.25, 0.3) is 0 Å². The van der Waals surface area contributed by atoms with Crippen LogP contribution in [0.1, 0.15) is 12.5 Å². The average Bonchev–Trinajstić information content (AvgIpc) is 3.16. The molecule has 1 aromatic carbocycles. The van der Waals surface area contributed by atoms with Gasteiger partial charge in [-0.25, -0.2) is 13.1 Å². The molecule has 0 saturated carbocycles. The zero-order chi connectivity index (χ0) is 17.7. The number of rotatable bonds is 7. The number of furan rings is 1. The molecule has 0 saturated heterocycles. The van der Waals surface area contributed by atoms with Gasteiger partial charge in [-0.3, -0.25) is 4.98 Å². The molecule has 0 amide bonds. The fourth-order valence-corrected chi connectivity index (χ4v) is 3.27. The molecule has 2 aromatic heterocycles. The van der Waals surface area contributed by atoms with Gasteiger partial charge in [0.05, 0.1) is 29.7 Å². The summed E-state index contributed by atoms with van der Waals surface area (Å²) < 4.78 is 37.6. The molecule has 1 N–H and O–H groups in total. The summed E-state index contributed by atoms with van der Waals surface area (Å²) in [6.07, 6.45) is 4.83. The monoisotopic (exact) mass is 358 g/mol. The first-order valence-electron chi connectivity index (χ1n) is 7.78. The summed E-state index contributed by atoms with van der Waals surface area (Å²) in [5.74, 6) is 0.639. The summed E-state index contributed by atoms with van der Waals surface area (Å²) in [6, 6.07) is 11.8. The van der Waals surface area contributed by atoms with Crippen LogP contribution in [-0.4, -0.2) is 20.0 Å². The third-order valence-corrected chi connectivity index (χ3v) is 4.97. The summed E-state index contributed by atoms with van der Waals surface area (Å²) in [6.45, 7) is 2.57. The third kappa shape index (κ3) is 4.26. The molecule has 0 radical (unpaired) electrons. The van der Waals surface area contributed by atoms with E-state index in [9.17, 15) is 8.42 Å². The Bertz CT molecular complexity index is 903. The maximum atomic E-state index is 12.3. The van der Waals surface area contributed by atoms with Gasteiger partial charge >= 0.3 is 0 Å².